The van der Waals surface area contributed by atoms with E-state index in [0.29, 0.717) is 18.8 Å². The quantitative estimate of drug-likeness (QED) is 0.743. The first kappa shape index (κ1) is 18.0. The molecule has 1 aliphatic heterocycles. The smallest absolute Gasteiger partial charge is 0.306 e. The van der Waals surface area contributed by atoms with E-state index in [1.807, 2.05) is 4.90 Å². The van der Waals surface area contributed by atoms with Gasteiger partial charge in [0, 0.05) is 19.5 Å². The molecule has 0 atom stereocenters. The molecule has 1 aliphatic carbocycles. The third kappa shape index (κ3) is 4.42. The summed E-state index contributed by atoms with van der Waals surface area (Å²) in [5, 5.41) is 0. The maximum Gasteiger partial charge on any atom is 0.306 e. The summed E-state index contributed by atoms with van der Waals surface area (Å²) in [5.41, 5.74) is 2.47. The minimum Gasteiger partial charge on any atom is -0.469 e. The van der Waals surface area contributed by atoms with E-state index in [9.17, 15) is 9.59 Å². The van der Waals surface area contributed by atoms with Crippen molar-refractivity contribution in [3.63, 3.8) is 0 Å². The number of aryl methyl sites for hydroxylation is 1. The summed E-state index contributed by atoms with van der Waals surface area (Å²) in [5.74, 6) is 0.591. The number of carbonyl (C=O) groups is 2. The van der Waals surface area contributed by atoms with Gasteiger partial charge in [-0.05, 0) is 43.1 Å². The average molecular weight is 343 g/mol. The van der Waals surface area contributed by atoms with Crippen LogP contribution in [0.15, 0.2) is 24.3 Å². The van der Waals surface area contributed by atoms with Crippen LogP contribution in [0.3, 0.4) is 0 Å². The lowest BCUT2D eigenvalue weighted by molar-refractivity contribution is -0.146. The van der Waals surface area contributed by atoms with Gasteiger partial charge in [0.25, 0.3) is 0 Å². The summed E-state index contributed by atoms with van der Waals surface area (Å²) in [6.45, 7) is 3.79. The number of hydrogen-bond acceptors (Lipinski definition) is 3. The van der Waals surface area contributed by atoms with Crippen LogP contribution in [0, 0.1) is 18.3 Å². The number of benzene rings is 1. The van der Waals surface area contributed by atoms with E-state index >= 15 is 0 Å². The van der Waals surface area contributed by atoms with Crippen molar-refractivity contribution in [2.24, 2.45) is 11.3 Å². The Labute approximate surface area is 150 Å². The molecule has 0 aromatic heterocycles. The molecule has 0 N–H and O–H groups in total. The summed E-state index contributed by atoms with van der Waals surface area (Å²) >= 11 is 0. The fourth-order valence-corrected chi connectivity index (χ4v) is 4.31. The number of methoxy groups -OCH3 is 1. The normalized spacial score (nSPS) is 19.5. The molecule has 136 valence electrons. The van der Waals surface area contributed by atoms with Gasteiger partial charge in [-0.3, -0.25) is 9.59 Å². The zero-order valence-electron chi connectivity index (χ0n) is 15.4. The van der Waals surface area contributed by atoms with E-state index in [1.54, 1.807) is 0 Å². The van der Waals surface area contributed by atoms with Gasteiger partial charge in [-0.25, -0.2) is 0 Å². The summed E-state index contributed by atoms with van der Waals surface area (Å²) in [6, 6.07) is 8.66. The molecule has 0 radical (unpaired) electrons. The van der Waals surface area contributed by atoms with Crippen LogP contribution in [0.5, 0.6) is 0 Å². The number of esters is 1. The first-order valence-corrected chi connectivity index (χ1v) is 9.40. The van der Waals surface area contributed by atoms with E-state index in [4.69, 9.17) is 4.74 Å². The van der Waals surface area contributed by atoms with Crippen molar-refractivity contribution in [3.05, 3.63) is 35.4 Å². The summed E-state index contributed by atoms with van der Waals surface area (Å²) in [4.78, 5) is 26.4. The molecule has 1 aromatic carbocycles. The van der Waals surface area contributed by atoms with E-state index < -0.39 is 0 Å². The SMILES string of the molecule is COC(=O)CC1(CC(=O)N2CC(Cc3ccc(C)cc3)C2)CCCC1. The van der Waals surface area contributed by atoms with Crippen molar-refractivity contribution < 1.29 is 14.3 Å². The van der Waals surface area contributed by atoms with E-state index in [1.165, 1.54) is 18.2 Å². The van der Waals surface area contributed by atoms with Crippen molar-refractivity contribution in [1.82, 2.24) is 4.90 Å². The molecule has 1 saturated heterocycles. The summed E-state index contributed by atoms with van der Waals surface area (Å²) in [7, 11) is 1.43. The molecule has 4 nitrogen and oxygen atoms in total. The third-order valence-electron chi connectivity index (χ3n) is 5.89. The van der Waals surface area contributed by atoms with Crippen molar-refractivity contribution in [3.8, 4) is 0 Å². The molecule has 0 spiro atoms. The molecule has 0 bridgehead atoms. The van der Waals surface area contributed by atoms with Crippen LogP contribution in [0.25, 0.3) is 0 Å². The molecule has 2 fully saturated rings. The average Bonchev–Trinajstić information content (AvgIpc) is 2.99. The molecule has 25 heavy (non-hydrogen) atoms. The van der Waals surface area contributed by atoms with Gasteiger partial charge in [-0.2, -0.15) is 0 Å². The second kappa shape index (κ2) is 7.59. The third-order valence-corrected chi connectivity index (χ3v) is 5.89. The van der Waals surface area contributed by atoms with Crippen LogP contribution in [0.1, 0.15) is 49.7 Å². The second-order valence-electron chi connectivity index (χ2n) is 7.99. The second-order valence-corrected chi connectivity index (χ2v) is 7.99. The largest absolute Gasteiger partial charge is 0.469 e. The molecule has 1 heterocycles. The van der Waals surface area contributed by atoms with Crippen LogP contribution in [-0.2, 0) is 20.7 Å². The molecule has 3 rings (SSSR count). The van der Waals surface area contributed by atoms with Crippen LogP contribution in [0.2, 0.25) is 0 Å². The highest BCUT2D eigenvalue weighted by molar-refractivity contribution is 5.79. The number of hydrogen-bond donors (Lipinski definition) is 0. The highest BCUT2D eigenvalue weighted by Crippen LogP contribution is 2.45. The number of amides is 1. The number of carbonyl (C=O) groups excluding carboxylic acids is 2. The molecule has 0 unspecified atom stereocenters. The Kier molecular flexibility index (Phi) is 5.45. The number of likely N-dealkylation sites (tertiary alicyclic amines) is 1. The van der Waals surface area contributed by atoms with E-state index in [2.05, 4.69) is 31.2 Å². The number of ether oxygens (including phenoxy) is 1. The molecular formula is C21H29NO3. The van der Waals surface area contributed by atoms with Gasteiger partial charge in [0.15, 0.2) is 0 Å². The monoisotopic (exact) mass is 343 g/mol. The van der Waals surface area contributed by atoms with Crippen LogP contribution in [0.4, 0.5) is 0 Å². The van der Waals surface area contributed by atoms with Crippen molar-refractivity contribution >= 4 is 11.9 Å². The number of rotatable bonds is 6. The topological polar surface area (TPSA) is 46.6 Å². The zero-order chi connectivity index (χ0) is 17.9. The zero-order valence-corrected chi connectivity index (χ0v) is 15.4. The predicted octanol–water partition coefficient (Wildman–Crippen LogP) is 3.51. The van der Waals surface area contributed by atoms with E-state index in [0.717, 1.165) is 45.2 Å². The van der Waals surface area contributed by atoms with Gasteiger partial charge in [-0.15, -0.1) is 0 Å². The lowest BCUT2D eigenvalue weighted by Gasteiger charge is -2.41. The maximum atomic E-state index is 12.7. The van der Waals surface area contributed by atoms with E-state index in [-0.39, 0.29) is 17.3 Å². The predicted molar refractivity (Wildman–Crippen MR) is 97.1 cm³/mol. The van der Waals surface area contributed by atoms with Crippen molar-refractivity contribution in [2.75, 3.05) is 20.2 Å². The van der Waals surface area contributed by atoms with Gasteiger partial charge >= 0.3 is 5.97 Å². The Morgan fingerprint density at radius 1 is 1.12 bits per heavy atom. The Bertz CT molecular complexity index is 611. The van der Waals surface area contributed by atoms with Gasteiger partial charge in [0.2, 0.25) is 5.91 Å². The Balaban J connectivity index is 1.49. The highest BCUT2D eigenvalue weighted by atomic mass is 16.5. The maximum absolute atomic E-state index is 12.7. The first-order valence-electron chi connectivity index (χ1n) is 9.40. The van der Waals surface area contributed by atoms with Crippen molar-refractivity contribution in [1.29, 1.82) is 0 Å². The molecule has 1 saturated carbocycles. The Morgan fingerprint density at radius 2 is 1.76 bits per heavy atom. The van der Waals surface area contributed by atoms with Gasteiger partial charge in [-0.1, -0.05) is 42.7 Å². The highest BCUT2D eigenvalue weighted by Gasteiger charge is 2.41. The van der Waals surface area contributed by atoms with Crippen LogP contribution >= 0.6 is 0 Å². The van der Waals surface area contributed by atoms with Gasteiger partial charge < -0.3 is 9.64 Å². The standard InChI is InChI=1S/C21H29NO3/c1-16-5-7-17(8-6-16)11-18-14-22(15-18)19(23)12-21(9-3-4-10-21)13-20(24)25-2/h5-8,18H,3-4,9-15H2,1-2H3. The van der Waals surface area contributed by atoms with Crippen LogP contribution < -0.4 is 0 Å². The molecule has 4 heteroatoms. The van der Waals surface area contributed by atoms with Gasteiger partial charge in [0.1, 0.15) is 0 Å². The number of nitrogens with zero attached hydrogens (tertiary/aromatic N) is 1. The lowest BCUT2D eigenvalue weighted by atomic mass is 9.78. The summed E-state index contributed by atoms with van der Waals surface area (Å²) < 4.78 is 4.85. The minimum absolute atomic E-state index is 0.160. The minimum atomic E-state index is -0.185. The fraction of sp³-hybridized carbons (Fsp3) is 0.619. The fourth-order valence-electron chi connectivity index (χ4n) is 4.31. The lowest BCUT2D eigenvalue weighted by Crippen LogP contribution is -2.51. The molecule has 1 amide bonds. The molecule has 2 aliphatic rings. The Hall–Kier alpha value is -1.84. The first-order chi connectivity index (χ1) is 12.0. The Morgan fingerprint density at radius 3 is 2.36 bits per heavy atom. The summed E-state index contributed by atoms with van der Waals surface area (Å²) in [6.07, 6.45) is 6.08. The van der Waals surface area contributed by atoms with Crippen LogP contribution in [-0.4, -0.2) is 37.0 Å². The molecule has 1 aromatic rings. The van der Waals surface area contributed by atoms with Crippen molar-refractivity contribution in [2.45, 2.75) is 51.9 Å². The van der Waals surface area contributed by atoms with Gasteiger partial charge in [0.05, 0.1) is 13.5 Å². The molecular weight excluding hydrogens is 314 g/mol.